The molecule has 2 aromatic rings. The fraction of sp³-hybridized carbons (Fsp3) is 0.375. The molecule has 0 saturated carbocycles. The van der Waals surface area contributed by atoms with E-state index in [4.69, 9.17) is 0 Å². The highest BCUT2D eigenvalue weighted by atomic mass is 32.1. The number of amides is 1. The Morgan fingerprint density at radius 3 is 2.71 bits per heavy atom. The summed E-state index contributed by atoms with van der Waals surface area (Å²) in [6.07, 6.45) is 3.80. The molecule has 21 heavy (non-hydrogen) atoms. The maximum absolute atomic E-state index is 12.3. The number of nitrogens with one attached hydrogen (secondary N) is 1. The highest BCUT2D eigenvalue weighted by molar-refractivity contribution is 7.14. The van der Waals surface area contributed by atoms with Crippen molar-refractivity contribution < 1.29 is 4.79 Å². The van der Waals surface area contributed by atoms with Gasteiger partial charge in [0.15, 0.2) is 0 Å². The number of carbonyl (C=O) groups excluding carboxylic acids is 1. The van der Waals surface area contributed by atoms with Crippen molar-refractivity contribution in [2.75, 3.05) is 24.3 Å². The number of nitrogens with zero attached hydrogens (tertiary/aromatic N) is 2. The Kier molecular flexibility index (Phi) is 4.96. The summed E-state index contributed by atoms with van der Waals surface area (Å²) in [6.45, 7) is 4.22. The van der Waals surface area contributed by atoms with Crippen LogP contribution in [0.4, 0.5) is 11.5 Å². The minimum absolute atomic E-state index is 0.0649. The molecule has 0 aliphatic heterocycles. The summed E-state index contributed by atoms with van der Waals surface area (Å²) >= 11 is 1.55. The van der Waals surface area contributed by atoms with Crippen LogP contribution < -0.4 is 10.2 Å². The molecule has 1 N–H and O–H groups in total. The molecule has 0 aromatic carbocycles. The van der Waals surface area contributed by atoms with E-state index in [9.17, 15) is 4.79 Å². The number of aryl methyl sites for hydroxylation is 2. The molecule has 2 aromatic heterocycles. The molecular weight excluding hydrogens is 282 g/mol. The number of anilines is 2. The van der Waals surface area contributed by atoms with Gasteiger partial charge in [-0.3, -0.25) is 4.79 Å². The first kappa shape index (κ1) is 15.5. The third kappa shape index (κ3) is 3.82. The number of carbonyl (C=O) groups is 1. The maximum atomic E-state index is 12.3. The summed E-state index contributed by atoms with van der Waals surface area (Å²) in [5.74, 6) is 0.801. The predicted octanol–water partition coefficient (Wildman–Crippen LogP) is 3.72. The first-order valence-corrected chi connectivity index (χ1v) is 7.87. The predicted molar refractivity (Wildman–Crippen MR) is 89.6 cm³/mol. The summed E-state index contributed by atoms with van der Waals surface area (Å²) in [5, 5.41) is 2.90. The third-order valence-electron chi connectivity index (χ3n) is 3.23. The van der Waals surface area contributed by atoms with Gasteiger partial charge in [0, 0.05) is 19.0 Å². The van der Waals surface area contributed by atoms with E-state index in [0.29, 0.717) is 5.69 Å². The summed E-state index contributed by atoms with van der Waals surface area (Å²) < 4.78 is 0. The zero-order chi connectivity index (χ0) is 15.4. The van der Waals surface area contributed by atoms with Crippen LogP contribution in [0.25, 0.3) is 0 Å². The summed E-state index contributed by atoms with van der Waals surface area (Å²) in [4.78, 5) is 20.5. The van der Waals surface area contributed by atoms with E-state index in [0.717, 1.165) is 23.5 Å². The molecule has 0 fully saturated rings. The van der Waals surface area contributed by atoms with Gasteiger partial charge in [0.2, 0.25) is 0 Å². The van der Waals surface area contributed by atoms with E-state index in [1.807, 2.05) is 37.2 Å². The molecule has 2 rings (SSSR count). The Labute approximate surface area is 129 Å². The molecule has 0 bridgehead atoms. The minimum atomic E-state index is -0.0649. The molecular formula is C16H21N3OS. The second-order valence-corrected chi connectivity index (χ2v) is 6.45. The number of hydrogen-bond donors (Lipinski definition) is 1. The van der Waals surface area contributed by atoms with E-state index in [1.165, 1.54) is 10.4 Å². The molecule has 5 heteroatoms. The van der Waals surface area contributed by atoms with Crippen molar-refractivity contribution in [3.63, 3.8) is 0 Å². The number of pyridine rings is 1. The first-order valence-electron chi connectivity index (χ1n) is 7.05. The summed E-state index contributed by atoms with van der Waals surface area (Å²) in [6, 6.07) is 5.76. The van der Waals surface area contributed by atoms with Gasteiger partial charge >= 0.3 is 0 Å². The van der Waals surface area contributed by atoms with Crippen LogP contribution in [0.2, 0.25) is 0 Å². The fourth-order valence-corrected chi connectivity index (χ4v) is 3.03. The lowest BCUT2D eigenvalue weighted by atomic mass is 10.1. The van der Waals surface area contributed by atoms with Gasteiger partial charge in [0.05, 0.1) is 16.8 Å². The smallest absolute Gasteiger partial charge is 0.265 e. The van der Waals surface area contributed by atoms with Crippen LogP contribution in [0.3, 0.4) is 0 Å². The van der Waals surface area contributed by atoms with Crippen molar-refractivity contribution >= 4 is 28.7 Å². The first-order chi connectivity index (χ1) is 10.0. The lowest BCUT2D eigenvalue weighted by Gasteiger charge is -2.11. The lowest BCUT2D eigenvalue weighted by Crippen LogP contribution is -2.12. The zero-order valence-corrected chi connectivity index (χ0v) is 13.8. The van der Waals surface area contributed by atoms with Crippen LogP contribution in [-0.2, 0) is 6.42 Å². The monoisotopic (exact) mass is 303 g/mol. The van der Waals surface area contributed by atoms with Gasteiger partial charge in [-0.2, -0.15) is 0 Å². The molecule has 1 amide bonds. The second kappa shape index (κ2) is 6.72. The average molecular weight is 303 g/mol. The standard InChI is InChI=1S/C16H21N3OS/c1-5-6-12-9-14(21-11(12)2)16(20)18-13-7-8-15(17-10-13)19(3)4/h7-10H,5-6H2,1-4H3,(H,18,20). The van der Waals surface area contributed by atoms with Crippen LogP contribution in [-0.4, -0.2) is 25.0 Å². The normalized spacial score (nSPS) is 10.5. The van der Waals surface area contributed by atoms with E-state index < -0.39 is 0 Å². The van der Waals surface area contributed by atoms with E-state index in [-0.39, 0.29) is 5.91 Å². The van der Waals surface area contributed by atoms with Crippen molar-refractivity contribution in [3.8, 4) is 0 Å². The fourth-order valence-electron chi connectivity index (χ4n) is 2.07. The molecule has 0 spiro atoms. The number of hydrogen-bond acceptors (Lipinski definition) is 4. The zero-order valence-electron chi connectivity index (χ0n) is 12.9. The van der Waals surface area contributed by atoms with Gasteiger partial charge in [-0.15, -0.1) is 11.3 Å². The summed E-state index contributed by atoms with van der Waals surface area (Å²) in [7, 11) is 3.87. The van der Waals surface area contributed by atoms with E-state index in [1.54, 1.807) is 17.5 Å². The van der Waals surface area contributed by atoms with Crippen molar-refractivity contribution in [2.24, 2.45) is 0 Å². The van der Waals surface area contributed by atoms with Crippen LogP contribution in [0.15, 0.2) is 24.4 Å². The Morgan fingerprint density at radius 1 is 1.38 bits per heavy atom. The van der Waals surface area contributed by atoms with Crippen LogP contribution in [0, 0.1) is 6.92 Å². The second-order valence-electron chi connectivity index (χ2n) is 5.20. The van der Waals surface area contributed by atoms with Crippen molar-refractivity contribution in [2.45, 2.75) is 26.7 Å². The number of thiophene rings is 1. The number of rotatable bonds is 5. The van der Waals surface area contributed by atoms with Crippen molar-refractivity contribution in [1.29, 1.82) is 0 Å². The average Bonchev–Trinajstić information content (AvgIpc) is 2.81. The Bertz CT molecular complexity index is 617. The van der Waals surface area contributed by atoms with E-state index >= 15 is 0 Å². The minimum Gasteiger partial charge on any atom is -0.363 e. The highest BCUT2D eigenvalue weighted by Gasteiger charge is 2.12. The Morgan fingerprint density at radius 2 is 2.14 bits per heavy atom. The van der Waals surface area contributed by atoms with Crippen molar-refractivity contribution in [1.82, 2.24) is 4.98 Å². The van der Waals surface area contributed by atoms with Crippen LogP contribution >= 0.6 is 11.3 Å². The molecule has 0 aliphatic rings. The largest absolute Gasteiger partial charge is 0.363 e. The maximum Gasteiger partial charge on any atom is 0.265 e. The Hall–Kier alpha value is -1.88. The molecule has 112 valence electrons. The number of aromatic nitrogens is 1. The van der Waals surface area contributed by atoms with Crippen LogP contribution in [0.1, 0.15) is 33.5 Å². The van der Waals surface area contributed by atoms with Gasteiger partial charge in [0.25, 0.3) is 5.91 Å². The molecule has 0 atom stereocenters. The molecule has 0 unspecified atom stereocenters. The Balaban J connectivity index is 2.08. The lowest BCUT2D eigenvalue weighted by molar-refractivity contribution is 0.103. The quantitative estimate of drug-likeness (QED) is 0.915. The van der Waals surface area contributed by atoms with Gasteiger partial charge in [-0.25, -0.2) is 4.98 Å². The van der Waals surface area contributed by atoms with E-state index in [2.05, 4.69) is 24.1 Å². The molecule has 0 saturated heterocycles. The van der Waals surface area contributed by atoms with Gasteiger partial charge < -0.3 is 10.2 Å². The third-order valence-corrected chi connectivity index (χ3v) is 4.32. The SMILES string of the molecule is CCCc1cc(C(=O)Nc2ccc(N(C)C)nc2)sc1C. The van der Waals surface area contributed by atoms with Crippen molar-refractivity contribution in [3.05, 3.63) is 39.7 Å². The highest BCUT2D eigenvalue weighted by Crippen LogP contribution is 2.24. The molecule has 4 nitrogen and oxygen atoms in total. The summed E-state index contributed by atoms with van der Waals surface area (Å²) in [5.41, 5.74) is 1.99. The molecule has 2 heterocycles. The van der Waals surface area contributed by atoms with Gasteiger partial charge in [-0.1, -0.05) is 13.3 Å². The van der Waals surface area contributed by atoms with Gasteiger partial charge in [0.1, 0.15) is 5.82 Å². The molecule has 0 aliphatic carbocycles. The topological polar surface area (TPSA) is 45.2 Å². The molecule has 0 radical (unpaired) electrons. The van der Waals surface area contributed by atoms with Crippen LogP contribution in [0.5, 0.6) is 0 Å². The van der Waals surface area contributed by atoms with Gasteiger partial charge in [-0.05, 0) is 37.1 Å².